The second kappa shape index (κ2) is 5.50. The number of ether oxygens (including phenoxy) is 1. The van der Waals surface area contributed by atoms with E-state index in [-0.39, 0.29) is 17.7 Å². The highest BCUT2D eigenvalue weighted by Gasteiger charge is 2.54. The number of amides is 2. The van der Waals surface area contributed by atoms with E-state index >= 15 is 0 Å². The van der Waals surface area contributed by atoms with Crippen LogP contribution in [0.25, 0.3) is 0 Å². The monoisotopic (exact) mass is 328 g/mol. The minimum atomic E-state index is -0.590. The van der Waals surface area contributed by atoms with E-state index in [1.807, 2.05) is 30.1 Å². The molecule has 1 saturated carbocycles. The fraction of sp³-hybridized carbons (Fsp3) is 0.579. The Morgan fingerprint density at radius 2 is 2.04 bits per heavy atom. The van der Waals surface area contributed by atoms with Gasteiger partial charge in [0.2, 0.25) is 11.8 Å². The molecule has 1 atom stereocenters. The van der Waals surface area contributed by atoms with Gasteiger partial charge < -0.3 is 14.5 Å². The molecule has 5 heteroatoms. The van der Waals surface area contributed by atoms with E-state index in [1.165, 1.54) is 0 Å². The third-order valence-electron chi connectivity index (χ3n) is 6.08. The van der Waals surface area contributed by atoms with Gasteiger partial charge in [0.1, 0.15) is 5.75 Å². The number of carbonyl (C=O) groups excluding carboxylic acids is 2. The average molecular weight is 328 g/mol. The third-order valence-corrected chi connectivity index (χ3v) is 6.08. The molecule has 0 N–H and O–H groups in total. The van der Waals surface area contributed by atoms with Crippen LogP contribution in [0.3, 0.4) is 0 Å². The van der Waals surface area contributed by atoms with Gasteiger partial charge in [-0.1, -0.05) is 12.8 Å². The summed E-state index contributed by atoms with van der Waals surface area (Å²) in [5.41, 5.74) is 1.36. The molecule has 1 aromatic carbocycles. The number of carbonyl (C=O) groups is 2. The van der Waals surface area contributed by atoms with Crippen molar-refractivity contribution >= 4 is 17.5 Å². The molecule has 2 aliphatic heterocycles. The number of nitrogens with zero attached hydrogens (tertiary/aromatic N) is 2. The molecule has 5 nitrogen and oxygen atoms in total. The molecule has 4 rings (SSSR count). The van der Waals surface area contributed by atoms with Gasteiger partial charge in [-0.25, -0.2) is 0 Å². The van der Waals surface area contributed by atoms with Crippen molar-refractivity contribution in [3.05, 3.63) is 23.8 Å². The maximum Gasteiger partial charge on any atom is 0.239 e. The van der Waals surface area contributed by atoms with Crippen LogP contribution < -0.4 is 9.64 Å². The number of fused-ring (bicyclic) bond motifs is 2. The van der Waals surface area contributed by atoms with Crippen LogP contribution in [0.4, 0.5) is 5.69 Å². The molecule has 0 radical (unpaired) electrons. The summed E-state index contributed by atoms with van der Waals surface area (Å²) in [4.78, 5) is 29.5. The van der Waals surface area contributed by atoms with Crippen molar-refractivity contribution in [1.29, 1.82) is 0 Å². The van der Waals surface area contributed by atoms with Gasteiger partial charge in [-0.05, 0) is 43.0 Å². The highest BCUT2D eigenvalue weighted by Crippen LogP contribution is 2.48. The van der Waals surface area contributed by atoms with Gasteiger partial charge in [0.05, 0.1) is 12.5 Å². The summed E-state index contributed by atoms with van der Waals surface area (Å²) in [6.07, 6.45) is 5.00. The first-order chi connectivity index (χ1) is 11.6. The van der Waals surface area contributed by atoms with Crippen LogP contribution in [0, 0.1) is 5.92 Å². The van der Waals surface area contributed by atoms with Crippen LogP contribution >= 0.6 is 0 Å². The van der Waals surface area contributed by atoms with Gasteiger partial charge >= 0.3 is 0 Å². The lowest BCUT2D eigenvalue weighted by Gasteiger charge is -2.25. The predicted molar refractivity (Wildman–Crippen MR) is 91.2 cm³/mol. The van der Waals surface area contributed by atoms with Crippen molar-refractivity contribution in [3.63, 3.8) is 0 Å². The zero-order valence-electron chi connectivity index (χ0n) is 14.4. The predicted octanol–water partition coefficient (Wildman–Crippen LogP) is 2.33. The van der Waals surface area contributed by atoms with Gasteiger partial charge in [-0.3, -0.25) is 9.59 Å². The van der Waals surface area contributed by atoms with E-state index in [0.717, 1.165) is 42.7 Å². The quantitative estimate of drug-likeness (QED) is 0.837. The maximum absolute atomic E-state index is 13.0. The maximum atomic E-state index is 13.0. The average Bonchev–Trinajstić information content (AvgIpc) is 3.32. The molecule has 24 heavy (non-hydrogen) atoms. The molecule has 3 aliphatic rings. The highest BCUT2D eigenvalue weighted by atomic mass is 16.5. The van der Waals surface area contributed by atoms with Crippen LogP contribution in [-0.4, -0.2) is 44.0 Å². The first kappa shape index (κ1) is 15.5. The lowest BCUT2D eigenvalue weighted by Crippen LogP contribution is -2.43. The second-order valence-corrected chi connectivity index (χ2v) is 7.32. The molecule has 1 aromatic rings. The lowest BCUT2D eigenvalue weighted by atomic mass is 9.81. The second-order valence-electron chi connectivity index (χ2n) is 7.32. The molecule has 128 valence electrons. The number of likely N-dealkylation sites (tertiary alicyclic amines) is 1. The summed E-state index contributed by atoms with van der Waals surface area (Å²) in [7, 11) is 3.46. The van der Waals surface area contributed by atoms with Gasteiger partial charge in [0.25, 0.3) is 0 Å². The molecular formula is C19H24N2O3. The van der Waals surface area contributed by atoms with Crippen molar-refractivity contribution in [3.8, 4) is 5.75 Å². The number of hydrogen-bond donors (Lipinski definition) is 0. The number of likely N-dealkylation sites (N-methyl/N-ethyl adjacent to an activating group) is 1. The van der Waals surface area contributed by atoms with Crippen molar-refractivity contribution in [2.75, 3.05) is 32.1 Å². The smallest absolute Gasteiger partial charge is 0.239 e. The van der Waals surface area contributed by atoms with E-state index in [2.05, 4.69) is 0 Å². The summed E-state index contributed by atoms with van der Waals surface area (Å²) in [5, 5.41) is 0. The van der Waals surface area contributed by atoms with Crippen molar-refractivity contribution in [2.45, 2.75) is 37.5 Å². The molecule has 1 saturated heterocycles. The summed E-state index contributed by atoms with van der Waals surface area (Å²) < 4.78 is 5.36. The Morgan fingerprint density at radius 1 is 1.29 bits per heavy atom. The normalized spacial score (nSPS) is 26.5. The van der Waals surface area contributed by atoms with Crippen LogP contribution in [0.15, 0.2) is 18.2 Å². The van der Waals surface area contributed by atoms with Crippen molar-refractivity contribution < 1.29 is 14.3 Å². The Hall–Kier alpha value is -2.04. The Morgan fingerprint density at radius 3 is 2.75 bits per heavy atom. The fourth-order valence-corrected chi connectivity index (χ4v) is 4.69. The van der Waals surface area contributed by atoms with E-state index in [0.29, 0.717) is 19.5 Å². The molecule has 0 unspecified atom stereocenters. The zero-order chi connectivity index (χ0) is 16.9. The lowest BCUT2D eigenvalue weighted by molar-refractivity contribution is -0.134. The third kappa shape index (κ3) is 2.06. The Balaban J connectivity index is 1.66. The van der Waals surface area contributed by atoms with Gasteiger partial charge in [-0.2, -0.15) is 0 Å². The van der Waals surface area contributed by atoms with Crippen molar-refractivity contribution in [2.24, 2.45) is 5.92 Å². The molecule has 1 aliphatic carbocycles. The van der Waals surface area contributed by atoms with Gasteiger partial charge in [0.15, 0.2) is 0 Å². The molecule has 2 heterocycles. The number of rotatable bonds is 2. The Bertz CT molecular complexity index is 696. The van der Waals surface area contributed by atoms with Crippen LogP contribution in [0.1, 0.15) is 37.7 Å². The summed E-state index contributed by atoms with van der Waals surface area (Å²) in [6.45, 7) is 1.18. The molecule has 2 amide bonds. The minimum Gasteiger partial charge on any atom is -0.497 e. The van der Waals surface area contributed by atoms with E-state index < -0.39 is 5.41 Å². The molecular weight excluding hydrogens is 304 g/mol. The highest BCUT2D eigenvalue weighted by molar-refractivity contribution is 6.08. The first-order valence-electron chi connectivity index (χ1n) is 8.82. The van der Waals surface area contributed by atoms with E-state index in [4.69, 9.17) is 4.74 Å². The summed E-state index contributed by atoms with van der Waals surface area (Å²) in [5.74, 6) is 1.28. The molecule has 0 bridgehead atoms. The van der Waals surface area contributed by atoms with Gasteiger partial charge in [0, 0.05) is 31.7 Å². The fourth-order valence-electron chi connectivity index (χ4n) is 4.69. The van der Waals surface area contributed by atoms with E-state index in [9.17, 15) is 9.59 Å². The standard InChI is InChI=1S/C19H24N2O3/c1-20-16-8-7-14(24-2)11-15(16)19(18(20)23)9-10-21(12-19)17(22)13-5-3-4-6-13/h7-8,11,13H,3-6,9-10,12H2,1-2H3/t19-/m1/s1. The van der Waals surface area contributed by atoms with Crippen molar-refractivity contribution in [1.82, 2.24) is 4.90 Å². The number of anilines is 1. The molecule has 1 spiro atoms. The summed E-state index contributed by atoms with van der Waals surface area (Å²) in [6, 6.07) is 5.81. The number of benzene rings is 1. The largest absolute Gasteiger partial charge is 0.497 e. The van der Waals surface area contributed by atoms with Gasteiger partial charge in [-0.15, -0.1) is 0 Å². The van der Waals surface area contributed by atoms with Crippen LogP contribution in [0.2, 0.25) is 0 Å². The molecule has 2 fully saturated rings. The number of hydrogen-bond acceptors (Lipinski definition) is 3. The van der Waals surface area contributed by atoms with Crippen LogP contribution in [-0.2, 0) is 15.0 Å². The number of methoxy groups -OCH3 is 1. The minimum absolute atomic E-state index is 0.104. The topological polar surface area (TPSA) is 49.9 Å². The first-order valence-corrected chi connectivity index (χ1v) is 8.82. The zero-order valence-corrected chi connectivity index (χ0v) is 14.4. The Kier molecular flexibility index (Phi) is 3.55. The summed E-state index contributed by atoms with van der Waals surface area (Å²) >= 11 is 0. The van der Waals surface area contributed by atoms with E-state index in [1.54, 1.807) is 12.0 Å². The SMILES string of the molecule is COc1ccc2c(c1)[C@]1(CCN(C(=O)C3CCCC3)C1)C(=O)N2C. The molecule has 0 aromatic heterocycles. The van der Waals surface area contributed by atoms with Crippen LogP contribution in [0.5, 0.6) is 5.75 Å². The Labute approximate surface area is 142 Å².